The molecule has 0 heterocycles. The number of hydrogen-bond acceptors (Lipinski definition) is 2. The predicted molar refractivity (Wildman–Crippen MR) is 84.4 cm³/mol. The molecule has 0 spiro atoms. The summed E-state index contributed by atoms with van der Waals surface area (Å²) in [4.78, 5) is 22.9. The SMILES string of the molecule is Cc1cc(Br)ccc1NC(=O)NC1CCC(C(=O)O)CC1. The van der Waals surface area contributed by atoms with Gasteiger partial charge in [0.2, 0.25) is 0 Å². The summed E-state index contributed by atoms with van der Waals surface area (Å²) in [5.74, 6) is -0.997. The van der Waals surface area contributed by atoms with Gasteiger partial charge >= 0.3 is 12.0 Å². The topological polar surface area (TPSA) is 78.4 Å². The van der Waals surface area contributed by atoms with Crippen LogP contribution in [0.3, 0.4) is 0 Å². The number of hydrogen-bond donors (Lipinski definition) is 3. The summed E-state index contributed by atoms with van der Waals surface area (Å²) in [6, 6.07) is 5.48. The number of rotatable bonds is 3. The molecule has 1 aromatic carbocycles. The van der Waals surface area contributed by atoms with E-state index in [0.717, 1.165) is 15.7 Å². The minimum absolute atomic E-state index is 0.0522. The maximum atomic E-state index is 12.0. The Balaban J connectivity index is 1.84. The third-order valence-electron chi connectivity index (χ3n) is 3.85. The number of urea groups is 1. The van der Waals surface area contributed by atoms with Crippen molar-refractivity contribution in [3.8, 4) is 0 Å². The molecule has 0 saturated heterocycles. The second-order valence-electron chi connectivity index (χ2n) is 5.44. The van der Waals surface area contributed by atoms with Crippen LogP contribution in [0.1, 0.15) is 31.2 Å². The second-order valence-corrected chi connectivity index (χ2v) is 6.36. The largest absolute Gasteiger partial charge is 0.481 e. The van der Waals surface area contributed by atoms with Crippen LogP contribution in [0.4, 0.5) is 10.5 Å². The molecule has 1 saturated carbocycles. The minimum atomic E-state index is -0.733. The maximum absolute atomic E-state index is 12.0. The molecule has 114 valence electrons. The number of amides is 2. The van der Waals surface area contributed by atoms with E-state index >= 15 is 0 Å². The normalized spacial score (nSPS) is 21.6. The van der Waals surface area contributed by atoms with E-state index in [9.17, 15) is 9.59 Å². The Kier molecular flexibility index (Phi) is 5.22. The van der Waals surface area contributed by atoms with Crippen LogP contribution in [-0.2, 0) is 4.79 Å². The van der Waals surface area contributed by atoms with Gasteiger partial charge in [-0.15, -0.1) is 0 Å². The van der Waals surface area contributed by atoms with E-state index in [2.05, 4.69) is 26.6 Å². The summed E-state index contributed by atoms with van der Waals surface area (Å²) in [6.07, 6.45) is 2.67. The Morgan fingerprint density at radius 3 is 2.48 bits per heavy atom. The fourth-order valence-corrected chi connectivity index (χ4v) is 3.07. The highest BCUT2D eigenvalue weighted by molar-refractivity contribution is 9.10. The van der Waals surface area contributed by atoms with Crippen LogP contribution in [0.2, 0.25) is 0 Å². The first-order valence-electron chi connectivity index (χ1n) is 7.02. The highest BCUT2D eigenvalue weighted by atomic mass is 79.9. The van der Waals surface area contributed by atoms with Crippen molar-refractivity contribution in [3.63, 3.8) is 0 Å². The average molecular weight is 355 g/mol. The zero-order valence-electron chi connectivity index (χ0n) is 11.9. The molecule has 2 rings (SSSR count). The zero-order chi connectivity index (χ0) is 15.4. The van der Waals surface area contributed by atoms with E-state index in [-0.39, 0.29) is 18.0 Å². The molecule has 0 aliphatic heterocycles. The first-order chi connectivity index (χ1) is 9.95. The number of anilines is 1. The van der Waals surface area contributed by atoms with Crippen molar-refractivity contribution in [2.24, 2.45) is 5.92 Å². The van der Waals surface area contributed by atoms with E-state index in [0.29, 0.717) is 25.7 Å². The molecule has 5 nitrogen and oxygen atoms in total. The van der Waals surface area contributed by atoms with Crippen molar-refractivity contribution >= 4 is 33.6 Å². The lowest BCUT2D eigenvalue weighted by atomic mass is 9.86. The quantitative estimate of drug-likeness (QED) is 0.776. The van der Waals surface area contributed by atoms with Crippen LogP contribution < -0.4 is 10.6 Å². The Labute approximate surface area is 132 Å². The molecule has 0 unspecified atom stereocenters. The number of halogens is 1. The van der Waals surface area contributed by atoms with Crippen LogP contribution >= 0.6 is 15.9 Å². The molecule has 0 bridgehead atoms. The van der Waals surface area contributed by atoms with E-state index in [1.807, 2.05) is 25.1 Å². The number of benzene rings is 1. The van der Waals surface area contributed by atoms with Gasteiger partial charge in [-0.05, 0) is 56.4 Å². The standard InChI is InChI=1S/C15H19BrN2O3/c1-9-8-11(16)4-7-13(9)18-15(21)17-12-5-2-10(3-6-12)14(19)20/h4,7-8,10,12H,2-3,5-6H2,1H3,(H,19,20)(H2,17,18,21). The molecular weight excluding hydrogens is 336 g/mol. The Morgan fingerprint density at radius 1 is 1.24 bits per heavy atom. The fraction of sp³-hybridized carbons (Fsp3) is 0.467. The smallest absolute Gasteiger partial charge is 0.319 e. The van der Waals surface area contributed by atoms with Crippen LogP contribution in [-0.4, -0.2) is 23.1 Å². The molecule has 0 atom stereocenters. The average Bonchev–Trinajstić information content (AvgIpc) is 2.42. The Bertz CT molecular complexity index is 540. The fourth-order valence-electron chi connectivity index (χ4n) is 2.60. The van der Waals surface area contributed by atoms with Crippen LogP contribution in [0.5, 0.6) is 0 Å². The summed E-state index contributed by atoms with van der Waals surface area (Å²) >= 11 is 3.38. The predicted octanol–water partition coefficient (Wildman–Crippen LogP) is 3.52. The highest BCUT2D eigenvalue weighted by Gasteiger charge is 2.26. The monoisotopic (exact) mass is 354 g/mol. The maximum Gasteiger partial charge on any atom is 0.319 e. The summed E-state index contributed by atoms with van der Waals surface area (Å²) in [7, 11) is 0. The van der Waals surface area contributed by atoms with Gasteiger partial charge in [0.15, 0.2) is 0 Å². The number of aryl methyl sites for hydroxylation is 1. The molecule has 6 heteroatoms. The molecule has 1 aliphatic carbocycles. The molecule has 21 heavy (non-hydrogen) atoms. The summed E-state index contributed by atoms with van der Waals surface area (Å²) in [6.45, 7) is 1.93. The molecular formula is C15H19BrN2O3. The number of carbonyl (C=O) groups is 2. The zero-order valence-corrected chi connectivity index (χ0v) is 13.4. The molecule has 0 radical (unpaired) electrons. The lowest BCUT2D eigenvalue weighted by Crippen LogP contribution is -2.41. The van der Waals surface area contributed by atoms with Gasteiger partial charge in [-0.2, -0.15) is 0 Å². The molecule has 0 aromatic heterocycles. The van der Waals surface area contributed by atoms with Crippen LogP contribution in [0, 0.1) is 12.8 Å². The van der Waals surface area contributed by atoms with Gasteiger partial charge in [0, 0.05) is 16.2 Å². The van der Waals surface area contributed by atoms with E-state index < -0.39 is 5.97 Å². The third-order valence-corrected chi connectivity index (χ3v) is 4.34. The summed E-state index contributed by atoms with van der Waals surface area (Å²) in [5.41, 5.74) is 1.75. The van der Waals surface area contributed by atoms with Crippen molar-refractivity contribution in [3.05, 3.63) is 28.2 Å². The van der Waals surface area contributed by atoms with Crippen molar-refractivity contribution in [1.29, 1.82) is 0 Å². The van der Waals surface area contributed by atoms with E-state index in [1.54, 1.807) is 0 Å². The third kappa shape index (κ3) is 4.46. The lowest BCUT2D eigenvalue weighted by molar-refractivity contribution is -0.142. The van der Waals surface area contributed by atoms with Gasteiger partial charge in [0.1, 0.15) is 0 Å². The van der Waals surface area contributed by atoms with Gasteiger partial charge in [-0.3, -0.25) is 4.79 Å². The van der Waals surface area contributed by atoms with Gasteiger partial charge in [-0.1, -0.05) is 15.9 Å². The number of carbonyl (C=O) groups excluding carboxylic acids is 1. The van der Waals surface area contributed by atoms with Crippen molar-refractivity contribution in [2.75, 3.05) is 5.32 Å². The van der Waals surface area contributed by atoms with Crippen LogP contribution in [0.15, 0.2) is 22.7 Å². The molecule has 3 N–H and O–H groups in total. The molecule has 1 aromatic rings. The first-order valence-corrected chi connectivity index (χ1v) is 7.81. The molecule has 2 amide bonds. The van der Waals surface area contributed by atoms with Gasteiger partial charge in [0.25, 0.3) is 0 Å². The number of aliphatic carboxylic acids is 1. The molecule has 1 aliphatic rings. The minimum Gasteiger partial charge on any atom is -0.481 e. The van der Waals surface area contributed by atoms with E-state index in [1.165, 1.54) is 0 Å². The molecule has 1 fully saturated rings. The number of carboxylic acid groups (broad SMARTS) is 1. The van der Waals surface area contributed by atoms with Gasteiger partial charge in [0.05, 0.1) is 5.92 Å². The second kappa shape index (κ2) is 6.93. The lowest BCUT2D eigenvalue weighted by Gasteiger charge is -2.27. The Morgan fingerprint density at radius 2 is 1.90 bits per heavy atom. The summed E-state index contributed by atoms with van der Waals surface area (Å²) in [5, 5.41) is 14.7. The van der Waals surface area contributed by atoms with Gasteiger partial charge in [-0.25, -0.2) is 4.79 Å². The highest BCUT2D eigenvalue weighted by Crippen LogP contribution is 2.25. The summed E-state index contributed by atoms with van der Waals surface area (Å²) < 4.78 is 0.970. The first kappa shape index (κ1) is 15.8. The Hall–Kier alpha value is -1.56. The number of carboxylic acids is 1. The van der Waals surface area contributed by atoms with Gasteiger partial charge < -0.3 is 15.7 Å². The van der Waals surface area contributed by atoms with Crippen molar-refractivity contribution < 1.29 is 14.7 Å². The number of nitrogens with one attached hydrogen (secondary N) is 2. The van der Waals surface area contributed by atoms with Crippen molar-refractivity contribution in [1.82, 2.24) is 5.32 Å². The van der Waals surface area contributed by atoms with Crippen molar-refractivity contribution in [2.45, 2.75) is 38.6 Å². The van der Waals surface area contributed by atoms with E-state index in [4.69, 9.17) is 5.11 Å². The van der Waals surface area contributed by atoms with Crippen LogP contribution in [0.25, 0.3) is 0 Å².